The zero-order chi connectivity index (χ0) is 32.4. The van der Waals surface area contributed by atoms with Crippen LogP contribution in [0.25, 0.3) is 22.5 Å². The summed E-state index contributed by atoms with van der Waals surface area (Å²) in [6.45, 7) is 6.45. The van der Waals surface area contributed by atoms with Crippen LogP contribution in [0.2, 0.25) is 0 Å². The molecule has 4 heterocycles. The van der Waals surface area contributed by atoms with Gasteiger partial charge in [-0.15, -0.1) is 0 Å². The smallest absolute Gasteiger partial charge is 0.0702 e. The monoisotopic (exact) mass is 653 g/mol. The maximum atomic E-state index is 4.83. The predicted octanol–water partition coefficient (Wildman–Crippen LogP) is 8.35. The van der Waals surface area contributed by atoms with E-state index in [1.807, 2.05) is 12.4 Å². The molecule has 0 fully saturated rings. The van der Waals surface area contributed by atoms with Crippen LogP contribution in [0, 0.1) is 20.8 Å². The van der Waals surface area contributed by atoms with Gasteiger partial charge in [0.1, 0.15) is 0 Å². The molecular weight excluding hydrogens is 620 g/mol. The molecule has 48 heavy (non-hydrogen) atoms. The van der Waals surface area contributed by atoms with Gasteiger partial charge in [0.2, 0.25) is 0 Å². The highest BCUT2D eigenvalue weighted by molar-refractivity contribution is 7.82. The standard InChI is InChI=1S/C43H33N3P2/c1-28-14-18-35(44-26-28)31-16-20-37-39(24-31)47(33-10-6-4-7-11-33)41-22-30(3)23-42-43(41)46(37)38-21-17-32(36-19-15-29(2)27-45-36)25-40(38)48(42)34-12-8-5-9-13-34/h4-27H,1-3H3. The molecule has 5 aromatic carbocycles. The first-order valence-corrected chi connectivity index (χ1v) is 19.0. The minimum Gasteiger partial charge on any atom is -0.308 e. The van der Waals surface area contributed by atoms with Crippen LogP contribution in [0.3, 0.4) is 0 Å². The predicted molar refractivity (Wildman–Crippen MR) is 206 cm³/mol. The quantitative estimate of drug-likeness (QED) is 0.179. The molecule has 0 bridgehead atoms. The van der Waals surface area contributed by atoms with Crippen molar-refractivity contribution in [2.45, 2.75) is 20.8 Å². The van der Waals surface area contributed by atoms with E-state index in [4.69, 9.17) is 9.97 Å². The number of nitrogens with zero attached hydrogens (tertiary/aromatic N) is 3. The second-order valence-electron chi connectivity index (χ2n) is 12.7. The number of anilines is 3. The van der Waals surface area contributed by atoms with E-state index >= 15 is 0 Å². The lowest BCUT2D eigenvalue weighted by atomic mass is 10.1. The third-order valence-corrected chi connectivity index (χ3v) is 14.2. The van der Waals surface area contributed by atoms with Gasteiger partial charge in [-0.2, -0.15) is 0 Å². The first kappa shape index (κ1) is 29.2. The van der Waals surface area contributed by atoms with E-state index in [2.05, 4.69) is 159 Å². The van der Waals surface area contributed by atoms with Crippen LogP contribution < -0.4 is 36.7 Å². The highest BCUT2D eigenvalue weighted by Gasteiger charge is 2.41. The molecule has 3 nitrogen and oxygen atoms in total. The molecule has 9 rings (SSSR count). The Morgan fingerprint density at radius 2 is 0.896 bits per heavy atom. The topological polar surface area (TPSA) is 29.0 Å². The zero-order valence-corrected chi connectivity index (χ0v) is 28.9. The average molecular weight is 654 g/mol. The van der Waals surface area contributed by atoms with Gasteiger partial charge in [-0.25, -0.2) is 0 Å². The Morgan fingerprint density at radius 1 is 0.438 bits per heavy atom. The zero-order valence-electron chi connectivity index (χ0n) is 27.1. The normalized spacial score (nSPS) is 15.8. The lowest BCUT2D eigenvalue weighted by Gasteiger charge is -2.45. The van der Waals surface area contributed by atoms with E-state index in [0.29, 0.717) is 0 Å². The largest absolute Gasteiger partial charge is 0.308 e. The highest BCUT2D eigenvalue weighted by atomic mass is 31.1. The summed E-state index contributed by atoms with van der Waals surface area (Å²) < 4.78 is 0. The Hall–Kier alpha value is -4.94. The Morgan fingerprint density at radius 3 is 1.31 bits per heavy atom. The van der Waals surface area contributed by atoms with E-state index in [1.165, 1.54) is 65.6 Å². The summed E-state index contributed by atoms with van der Waals surface area (Å²) in [4.78, 5) is 12.2. The van der Waals surface area contributed by atoms with Crippen molar-refractivity contribution in [3.05, 3.63) is 163 Å². The van der Waals surface area contributed by atoms with E-state index in [0.717, 1.165) is 22.5 Å². The first-order chi connectivity index (χ1) is 23.5. The van der Waals surface area contributed by atoms with Gasteiger partial charge in [-0.1, -0.05) is 84.9 Å². The molecule has 0 saturated heterocycles. The summed E-state index contributed by atoms with van der Waals surface area (Å²) in [5, 5.41) is 8.30. The van der Waals surface area contributed by atoms with Gasteiger partial charge in [0.15, 0.2) is 0 Å². The molecule has 7 aromatic rings. The van der Waals surface area contributed by atoms with Gasteiger partial charge in [0, 0.05) is 44.7 Å². The molecule has 0 spiro atoms. The molecule has 230 valence electrons. The Bertz CT molecular complexity index is 2160. The molecule has 5 heteroatoms. The molecule has 0 N–H and O–H groups in total. The molecule has 0 aliphatic carbocycles. The number of benzene rings is 5. The fourth-order valence-corrected chi connectivity index (χ4v) is 12.6. The van der Waals surface area contributed by atoms with Gasteiger partial charge in [0.05, 0.1) is 28.5 Å². The molecule has 2 aliphatic heterocycles. The molecular formula is C43H33N3P2. The fraction of sp³-hybridized carbons (Fsp3) is 0.0698. The molecule has 0 radical (unpaired) electrons. The first-order valence-electron chi connectivity index (χ1n) is 16.3. The van der Waals surface area contributed by atoms with Crippen LogP contribution in [0.4, 0.5) is 17.1 Å². The highest BCUT2D eigenvalue weighted by Crippen LogP contribution is 2.55. The second kappa shape index (κ2) is 11.6. The number of aromatic nitrogens is 2. The van der Waals surface area contributed by atoms with Crippen LogP contribution in [-0.4, -0.2) is 9.97 Å². The number of hydrogen-bond donors (Lipinski definition) is 0. The van der Waals surface area contributed by atoms with Gasteiger partial charge in [0.25, 0.3) is 0 Å². The molecule has 2 aliphatic rings. The maximum absolute atomic E-state index is 4.83. The lowest BCUT2D eigenvalue weighted by Crippen LogP contribution is -2.43. The minimum absolute atomic E-state index is 0.834. The van der Waals surface area contributed by atoms with Gasteiger partial charge >= 0.3 is 0 Å². The number of pyridine rings is 2. The van der Waals surface area contributed by atoms with Crippen molar-refractivity contribution in [1.82, 2.24) is 9.97 Å². The van der Waals surface area contributed by atoms with E-state index < -0.39 is 15.8 Å². The van der Waals surface area contributed by atoms with Crippen molar-refractivity contribution in [3.8, 4) is 22.5 Å². The summed E-state index contributed by atoms with van der Waals surface area (Å²) in [6, 6.07) is 49.8. The summed E-state index contributed by atoms with van der Waals surface area (Å²) in [7, 11) is -1.67. The van der Waals surface area contributed by atoms with E-state index in [1.54, 1.807) is 0 Å². The lowest BCUT2D eigenvalue weighted by molar-refractivity contribution is 1.26. The van der Waals surface area contributed by atoms with Gasteiger partial charge < -0.3 is 4.90 Å². The van der Waals surface area contributed by atoms with Crippen molar-refractivity contribution in [2.75, 3.05) is 4.90 Å². The SMILES string of the molecule is Cc1ccc(-c2ccc3c(c2)P(c2ccccc2)c2cc(C)cc4c2N3c2ccc(-c3ccc(C)cn3)cc2P4c2ccccc2)nc1. The van der Waals surface area contributed by atoms with Gasteiger partial charge in [-0.05, 0) is 112 Å². The minimum atomic E-state index is -0.834. The van der Waals surface area contributed by atoms with Crippen LogP contribution >= 0.6 is 15.8 Å². The number of hydrogen-bond acceptors (Lipinski definition) is 3. The molecule has 2 unspecified atom stereocenters. The number of fused-ring (bicyclic) bond motifs is 4. The fourth-order valence-electron chi connectivity index (χ4n) is 7.03. The van der Waals surface area contributed by atoms with Crippen LogP contribution in [0.1, 0.15) is 16.7 Å². The Balaban J connectivity index is 1.34. The van der Waals surface area contributed by atoms with Crippen molar-refractivity contribution in [1.29, 1.82) is 0 Å². The van der Waals surface area contributed by atoms with Crippen molar-refractivity contribution >= 4 is 64.7 Å². The third kappa shape index (κ3) is 4.81. The Kier molecular flexibility index (Phi) is 7.08. The molecule has 2 aromatic heterocycles. The van der Waals surface area contributed by atoms with E-state index in [9.17, 15) is 0 Å². The summed E-state index contributed by atoms with van der Waals surface area (Å²) >= 11 is 0. The van der Waals surface area contributed by atoms with Crippen molar-refractivity contribution < 1.29 is 0 Å². The number of rotatable bonds is 4. The maximum Gasteiger partial charge on any atom is 0.0702 e. The molecule has 2 atom stereocenters. The van der Waals surface area contributed by atoms with Crippen LogP contribution in [0.5, 0.6) is 0 Å². The van der Waals surface area contributed by atoms with Crippen LogP contribution in [0.15, 0.2) is 146 Å². The van der Waals surface area contributed by atoms with Crippen molar-refractivity contribution in [3.63, 3.8) is 0 Å². The molecule has 0 amide bonds. The third-order valence-electron chi connectivity index (χ3n) is 9.28. The number of aryl methyl sites for hydroxylation is 3. The van der Waals surface area contributed by atoms with Gasteiger partial charge in [-0.3, -0.25) is 9.97 Å². The summed E-state index contributed by atoms with van der Waals surface area (Å²) in [5.74, 6) is 0. The summed E-state index contributed by atoms with van der Waals surface area (Å²) in [6.07, 6.45) is 3.93. The second-order valence-corrected chi connectivity index (χ2v) is 17.0. The van der Waals surface area contributed by atoms with E-state index in [-0.39, 0.29) is 0 Å². The summed E-state index contributed by atoms with van der Waals surface area (Å²) in [5.41, 5.74) is 11.8. The molecule has 0 saturated carbocycles. The van der Waals surface area contributed by atoms with Crippen molar-refractivity contribution in [2.24, 2.45) is 0 Å². The Labute approximate surface area is 284 Å². The average Bonchev–Trinajstić information content (AvgIpc) is 3.12. The van der Waals surface area contributed by atoms with Crippen LogP contribution in [-0.2, 0) is 0 Å².